The average Bonchev–Trinajstić information content (AvgIpc) is 2.35. The summed E-state index contributed by atoms with van der Waals surface area (Å²) in [6.45, 7) is 3.34. The maximum absolute atomic E-state index is 13.0. The summed E-state index contributed by atoms with van der Waals surface area (Å²) in [5.74, 6) is 0.388. The quantitative estimate of drug-likeness (QED) is 0.877. The molecule has 0 unspecified atom stereocenters. The van der Waals surface area contributed by atoms with E-state index in [1.54, 1.807) is 6.92 Å². The zero-order chi connectivity index (χ0) is 15.6. The summed E-state index contributed by atoms with van der Waals surface area (Å²) in [7, 11) is 0. The summed E-state index contributed by atoms with van der Waals surface area (Å²) >= 11 is 0. The van der Waals surface area contributed by atoms with Crippen molar-refractivity contribution in [2.75, 3.05) is 13.2 Å². The smallest absolute Gasteiger partial charge is 0.397 e. The van der Waals surface area contributed by atoms with Gasteiger partial charge in [0.1, 0.15) is 18.5 Å². The highest BCUT2D eigenvalue weighted by molar-refractivity contribution is 5.39. The van der Waals surface area contributed by atoms with Crippen LogP contribution in [0.25, 0.3) is 0 Å². The van der Waals surface area contributed by atoms with Crippen molar-refractivity contribution in [3.05, 3.63) is 29.3 Å². The molecule has 0 fully saturated rings. The highest BCUT2D eigenvalue weighted by Gasteiger charge is 2.48. The largest absolute Gasteiger partial charge is 0.491 e. The van der Waals surface area contributed by atoms with E-state index in [4.69, 9.17) is 9.84 Å². The number of benzene rings is 1. The third kappa shape index (κ3) is 3.64. The minimum atomic E-state index is -4.34. The Balaban J connectivity index is 2.94. The van der Waals surface area contributed by atoms with Gasteiger partial charge < -0.3 is 14.9 Å². The van der Waals surface area contributed by atoms with E-state index in [9.17, 15) is 18.3 Å². The van der Waals surface area contributed by atoms with Crippen LogP contribution in [0.1, 0.15) is 25.0 Å². The van der Waals surface area contributed by atoms with Crippen molar-refractivity contribution in [1.82, 2.24) is 0 Å². The van der Waals surface area contributed by atoms with Crippen LogP contribution in [0.4, 0.5) is 13.2 Å². The number of aryl methyl sites for hydroxylation is 1. The number of rotatable bonds is 5. The first kappa shape index (κ1) is 16.8. The fraction of sp³-hybridized carbons (Fsp3) is 0.571. The van der Waals surface area contributed by atoms with Crippen LogP contribution < -0.4 is 4.74 Å². The minimum absolute atomic E-state index is 0.112. The topological polar surface area (TPSA) is 49.7 Å². The molecule has 0 spiro atoms. The van der Waals surface area contributed by atoms with Crippen LogP contribution in [0.3, 0.4) is 0 Å². The molecular formula is C14H19F3O3. The number of hydrogen-bond donors (Lipinski definition) is 2. The molecule has 0 saturated carbocycles. The normalized spacial score (nSPS) is 14.2. The van der Waals surface area contributed by atoms with Crippen LogP contribution >= 0.6 is 0 Å². The van der Waals surface area contributed by atoms with E-state index in [2.05, 4.69) is 0 Å². The lowest BCUT2D eigenvalue weighted by Gasteiger charge is -2.28. The molecule has 0 aromatic heterocycles. The van der Waals surface area contributed by atoms with Crippen LogP contribution in [0, 0.1) is 6.92 Å². The first-order chi connectivity index (χ1) is 9.09. The second-order valence-electron chi connectivity index (χ2n) is 5.25. The van der Waals surface area contributed by atoms with Crippen molar-refractivity contribution in [2.24, 2.45) is 0 Å². The summed E-state index contributed by atoms with van der Waals surface area (Å²) in [5.41, 5.74) is -1.25. The lowest BCUT2D eigenvalue weighted by Crippen LogP contribution is -2.36. The first-order valence-corrected chi connectivity index (χ1v) is 6.19. The summed E-state index contributed by atoms with van der Waals surface area (Å²) in [6, 6.07) is 4.23. The van der Waals surface area contributed by atoms with Gasteiger partial charge in [0, 0.05) is 0 Å². The van der Waals surface area contributed by atoms with Gasteiger partial charge in [-0.2, -0.15) is 13.2 Å². The monoisotopic (exact) mass is 292 g/mol. The fourth-order valence-electron chi connectivity index (χ4n) is 1.60. The van der Waals surface area contributed by atoms with Crippen LogP contribution in [-0.4, -0.2) is 35.7 Å². The number of alkyl halides is 3. The standard InChI is InChI=1S/C14H19F3O3/c1-9-6-10(13(2,3)14(15,16)17)4-5-12(9)20-8-11(19)7-18/h4-6,11,18-19H,7-8H2,1-3H3/t11-/m0/s1. The molecule has 1 rings (SSSR count). The van der Waals surface area contributed by atoms with Gasteiger partial charge in [-0.25, -0.2) is 0 Å². The molecule has 2 N–H and O–H groups in total. The number of aliphatic hydroxyl groups is 2. The van der Waals surface area contributed by atoms with Crippen molar-refractivity contribution in [1.29, 1.82) is 0 Å². The van der Waals surface area contributed by atoms with E-state index in [-0.39, 0.29) is 12.2 Å². The van der Waals surface area contributed by atoms with Gasteiger partial charge in [-0.3, -0.25) is 0 Å². The zero-order valence-electron chi connectivity index (χ0n) is 11.7. The molecular weight excluding hydrogens is 273 g/mol. The Morgan fingerprint density at radius 3 is 2.30 bits per heavy atom. The summed E-state index contributed by atoms with van der Waals surface area (Å²) in [4.78, 5) is 0. The predicted molar refractivity (Wildman–Crippen MR) is 68.8 cm³/mol. The number of ether oxygens (including phenoxy) is 1. The van der Waals surface area contributed by atoms with Gasteiger partial charge >= 0.3 is 6.18 Å². The summed E-state index contributed by atoms with van der Waals surface area (Å²) in [6.07, 6.45) is -5.35. The van der Waals surface area contributed by atoms with Gasteiger partial charge in [-0.15, -0.1) is 0 Å². The van der Waals surface area contributed by atoms with Gasteiger partial charge in [-0.1, -0.05) is 12.1 Å². The molecule has 20 heavy (non-hydrogen) atoms. The van der Waals surface area contributed by atoms with Crippen molar-refractivity contribution in [3.63, 3.8) is 0 Å². The molecule has 1 aromatic carbocycles. The zero-order valence-corrected chi connectivity index (χ0v) is 11.7. The van der Waals surface area contributed by atoms with Crippen LogP contribution in [0.2, 0.25) is 0 Å². The SMILES string of the molecule is Cc1cc(C(C)(C)C(F)(F)F)ccc1OC[C@@H](O)CO. The molecule has 0 saturated heterocycles. The van der Waals surface area contributed by atoms with Crippen molar-refractivity contribution in [3.8, 4) is 5.75 Å². The number of halogens is 3. The predicted octanol–water partition coefficient (Wildman–Crippen LogP) is 2.57. The maximum atomic E-state index is 13.0. The van der Waals surface area contributed by atoms with Crippen LogP contribution in [-0.2, 0) is 5.41 Å². The molecule has 0 aliphatic carbocycles. The highest BCUT2D eigenvalue weighted by Crippen LogP contribution is 2.41. The van der Waals surface area contributed by atoms with E-state index in [1.807, 2.05) is 0 Å². The van der Waals surface area contributed by atoms with Gasteiger partial charge in [0.15, 0.2) is 0 Å². The molecule has 0 aliphatic heterocycles. The average molecular weight is 292 g/mol. The van der Waals surface area contributed by atoms with Crippen molar-refractivity contribution in [2.45, 2.75) is 38.5 Å². The fourth-order valence-corrected chi connectivity index (χ4v) is 1.60. The van der Waals surface area contributed by atoms with Gasteiger partial charge in [0.25, 0.3) is 0 Å². The van der Waals surface area contributed by atoms with Gasteiger partial charge in [-0.05, 0) is 38.0 Å². The summed E-state index contributed by atoms with van der Waals surface area (Å²) < 4.78 is 44.1. The second-order valence-corrected chi connectivity index (χ2v) is 5.25. The lowest BCUT2D eigenvalue weighted by atomic mass is 9.83. The number of hydrogen-bond acceptors (Lipinski definition) is 3. The minimum Gasteiger partial charge on any atom is -0.491 e. The Bertz CT molecular complexity index is 455. The Kier molecular flexibility index (Phi) is 5.05. The molecule has 0 aliphatic rings. The molecule has 3 nitrogen and oxygen atoms in total. The van der Waals surface area contributed by atoms with E-state index >= 15 is 0 Å². The third-order valence-corrected chi connectivity index (χ3v) is 3.25. The molecule has 1 atom stereocenters. The molecule has 0 bridgehead atoms. The Hall–Kier alpha value is -1.27. The Morgan fingerprint density at radius 2 is 1.85 bits per heavy atom. The van der Waals surface area contributed by atoms with Gasteiger partial charge in [0.2, 0.25) is 0 Å². The van der Waals surface area contributed by atoms with E-state index in [1.165, 1.54) is 18.2 Å². The maximum Gasteiger partial charge on any atom is 0.397 e. The van der Waals surface area contributed by atoms with E-state index in [0.717, 1.165) is 13.8 Å². The van der Waals surface area contributed by atoms with E-state index < -0.39 is 24.3 Å². The molecule has 0 amide bonds. The molecule has 114 valence electrons. The second kappa shape index (κ2) is 6.01. The summed E-state index contributed by atoms with van der Waals surface area (Å²) in [5, 5.41) is 17.8. The highest BCUT2D eigenvalue weighted by atomic mass is 19.4. The lowest BCUT2D eigenvalue weighted by molar-refractivity contribution is -0.180. The molecule has 6 heteroatoms. The number of aliphatic hydroxyl groups excluding tert-OH is 2. The van der Waals surface area contributed by atoms with Gasteiger partial charge in [0.05, 0.1) is 12.0 Å². The van der Waals surface area contributed by atoms with Crippen LogP contribution in [0.5, 0.6) is 5.75 Å². The third-order valence-electron chi connectivity index (χ3n) is 3.25. The Labute approximate surface area is 116 Å². The Morgan fingerprint density at radius 1 is 1.25 bits per heavy atom. The van der Waals surface area contributed by atoms with Crippen LogP contribution in [0.15, 0.2) is 18.2 Å². The molecule has 1 aromatic rings. The molecule has 0 radical (unpaired) electrons. The van der Waals surface area contributed by atoms with Crippen molar-refractivity contribution < 1.29 is 28.1 Å². The molecule has 0 heterocycles. The van der Waals surface area contributed by atoms with Crippen molar-refractivity contribution >= 4 is 0 Å². The van der Waals surface area contributed by atoms with E-state index in [0.29, 0.717) is 11.3 Å². The first-order valence-electron chi connectivity index (χ1n) is 6.19.